The van der Waals surface area contributed by atoms with Crippen LogP contribution in [0.4, 0.5) is 0 Å². The van der Waals surface area contributed by atoms with Crippen molar-refractivity contribution in [3.05, 3.63) is 64.2 Å². The minimum Gasteiger partial charge on any atom is -0.348 e. The summed E-state index contributed by atoms with van der Waals surface area (Å²) in [6, 6.07) is 10.8. The van der Waals surface area contributed by atoms with Gasteiger partial charge >= 0.3 is 0 Å². The Bertz CT molecular complexity index is 937. The van der Waals surface area contributed by atoms with Crippen LogP contribution < -0.4 is 5.32 Å². The lowest BCUT2D eigenvalue weighted by molar-refractivity contribution is 0.0949. The number of carbonyl (C=O) groups is 1. The molecule has 1 N–H and O–H groups in total. The molecule has 1 heterocycles. The molecule has 1 aliphatic rings. The molecule has 0 spiro atoms. The first kappa shape index (κ1) is 20.6. The van der Waals surface area contributed by atoms with E-state index in [1.54, 1.807) is 28.6 Å². The standard InChI is InChI=1S/C22H28N2O3S/c1-16-13-17(2)21(18(3)14-16)22(25)23-15-19-7-9-20(10-8-19)28(26,27)24-11-5-4-6-12-24/h7-10,13-14H,4-6,11-12,15H2,1-3H3,(H,23,25). The van der Waals surface area contributed by atoms with Crippen LogP contribution in [0.1, 0.15) is 51.9 Å². The number of nitrogens with zero attached hydrogens (tertiary/aromatic N) is 1. The van der Waals surface area contributed by atoms with Crippen molar-refractivity contribution in [2.45, 2.75) is 51.5 Å². The first-order valence-corrected chi connectivity index (χ1v) is 11.2. The molecule has 6 heteroatoms. The predicted octanol–water partition coefficient (Wildman–Crippen LogP) is 3.72. The zero-order valence-electron chi connectivity index (χ0n) is 16.8. The number of hydrogen-bond donors (Lipinski definition) is 1. The van der Waals surface area contributed by atoms with Crippen molar-refractivity contribution in [1.29, 1.82) is 0 Å². The number of benzene rings is 2. The molecule has 2 aromatic rings. The molecular formula is C22H28N2O3S. The lowest BCUT2D eigenvalue weighted by Gasteiger charge is -2.25. The van der Waals surface area contributed by atoms with Gasteiger partial charge in [0.1, 0.15) is 0 Å². The molecule has 28 heavy (non-hydrogen) atoms. The third-order valence-corrected chi connectivity index (χ3v) is 7.15. The van der Waals surface area contributed by atoms with Gasteiger partial charge in [-0.15, -0.1) is 0 Å². The van der Waals surface area contributed by atoms with Crippen molar-refractivity contribution in [1.82, 2.24) is 9.62 Å². The van der Waals surface area contributed by atoms with E-state index in [1.807, 2.05) is 32.9 Å². The third kappa shape index (κ3) is 4.45. The van der Waals surface area contributed by atoms with Crippen LogP contribution in [0.25, 0.3) is 0 Å². The number of nitrogens with one attached hydrogen (secondary N) is 1. The molecule has 0 aromatic heterocycles. The second-order valence-electron chi connectivity index (χ2n) is 7.57. The number of hydrogen-bond acceptors (Lipinski definition) is 3. The van der Waals surface area contributed by atoms with Gasteiger partial charge in [0.15, 0.2) is 0 Å². The van der Waals surface area contributed by atoms with Crippen LogP contribution in [-0.2, 0) is 16.6 Å². The average molecular weight is 401 g/mol. The van der Waals surface area contributed by atoms with Gasteiger partial charge in [-0.2, -0.15) is 4.31 Å². The van der Waals surface area contributed by atoms with Crippen molar-refractivity contribution < 1.29 is 13.2 Å². The molecule has 1 amide bonds. The fourth-order valence-corrected chi connectivity index (χ4v) is 5.36. The minimum atomic E-state index is -3.42. The zero-order valence-corrected chi connectivity index (χ0v) is 17.6. The van der Waals surface area contributed by atoms with Crippen LogP contribution in [0.2, 0.25) is 0 Å². The third-order valence-electron chi connectivity index (χ3n) is 5.23. The Morgan fingerprint density at radius 3 is 2.11 bits per heavy atom. The average Bonchev–Trinajstić information content (AvgIpc) is 2.66. The van der Waals surface area contributed by atoms with E-state index in [1.165, 1.54) is 0 Å². The number of amides is 1. The van der Waals surface area contributed by atoms with E-state index >= 15 is 0 Å². The van der Waals surface area contributed by atoms with E-state index < -0.39 is 10.0 Å². The maximum absolute atomic E-state index is 12.7. The normalized spacial score (nSPS) is 15.4. The smallest absolute Gasteiger partial charge is 0.252 e. The summed E-state index contributed by atoms with van der Waals surface area (Å²) in [6.45, 7) is 7.44. The summed E-state index contributed by atoms with van der Waals surface area (Å²) in [6.07, 6.45) is 2.92. The Balaban J connectivity index is 1.67. The topological polar surface area (TPSA) is 66.5 Å². The van der Waals surface area contributed by atoms with Crippen molar-refractivity contribution in [2.24, 2.45) is 0 Å². The molecule has 0 bridgehead atoms. The van der Waals surface area contributed by atoms with Crippen molar-refractivity contribution in [2.75, 3.05) is 13.1 Å². The van der Waals surface area contributed by atoms with Gasteiger partial charge in [-0.05, 0) is 62.4 Å². The largest absolute Gasteiger partial charge is 0.348 e. The summed E-state index contributed by atoms with van der Waals surface area (Å²) in [5, 5.41) is 2.94. The van der Waals surface area contributed by atoms with Crippen LogP contribution in [0.3, 0.4) is 0 Å². The van der Waals surface area contributed by atoms with E-state index in [0.29, 0.717) is 30.1 Å². The molecule has 0 radical (unpaired) electrons. The molecule has 0 aliphatic carbocycles. The molecule has 0 saturated carbocycles. The first-order valence-electron chi connectivity index (χ1n) is 9.74. The van der Waals surface area contributed by atoms with Crippen LogP contribution >= 0.6 is 0 Å². The fraction of sp³-hybridized carbons (Fsp3) is 0.409. The van der Waals surface area contributed by atoms with Crippen LogP contribution in [-0.4, -0.2) is 31.7 Å². The number of rotatable bonds is 5. The summed E-state index contributed by atoms with van der Waals surface area (Å²) in [5.41, 5.74) is 4.62. The van der Waals surface area contributed by atoms with Gasteiger partial charge < -0.3 is 5.32 Å². The van der Waals surface area contributed by atoms with Gasteiger partial charge in [0.25, 0.3) is 5.91 Å². The number of sulfonamides is 1. The highest BCUT2D eigenvalue weighted by Gasteiger charge is 2.25. The number of aryl methyl sites for hydroxylation is 3. The van der Waals surface area contributed by atoms with Gasteiger partial charge in [0.05, 0.1) is 4.90 Å². The molecule has 3 rings (SSSR count). The molecule has 2 aromatic carbocycles. The fourth-order valence-electron chi connectivity index (χ4n) is 3.84. The summed E-state index contributed by atoms with van der Waals surface area (Å²) in [4.78, 5) is 12.9. The Kier molecular flexibility index (Phi) is 6.20. The molecule has 0 atom stereocenters. The quantitative estimate of drug-likeness (QED) is 0.832. The predicted molar refractivity (Wildman–Crippen MR) is 111 cm³/mol. The SMILES string of the molecule is Cc1cc(C)c(C(=O)NCc2ccc(S(=O)(=O)N3CCCCC3)cc2)c(C)c1. The molecular weight excluding hydrogens is 372 g/mol. The summed E-state index contributed by atoms with van der Waals surface area (Å²) in [7, 11) is -3.42. The Morgan fingerprint density at radius 1 is 0.964 bits per heavy atom. The highest BCUT2D eigenvalue weighted by atomic mass is 32.2. The van der Waals surface area contributed by atoms with Crippen LogP contribution in [0.15, 0.2) is 41.3 Å². The van der Waals surface area contributed by atoms with E-state index in [-0.39, 0.29) is 5.91 Å². The minimum absolute atomic E-state index is 0.111. The van der Waals surface area contributed by atoms with Gasteiger partial charge in [-0.3, -0.25) is 4.79 Å². The molecule has 5 nitrogen and oxygen atoms in total. The monoisotopic (exact) mass is 400 g/mol. The summed E-state index contributed by atoms with van der Waals surface area (Å²) in [5.74, 6) is -0.111. The molecule has 0 unspecified atom stereocenters. The zero-order chi connectivity index (χ0) is 20.3. The molecule has 1 aliphatic heterocycles. The second kappa shape index (κ2) is 8.45. The Hall–Kier alpha value is -2.18. The molecule has 1 saturated heterocycles. The highest BCUT2D eigenvalue weighted by molar-refractivity contribution is 7.89. The molecule has 150 valence electrons. The Labute approximate surface area is 167 Å². The summed E-state index contributed by atoms with van der Waals surface area (Å²) >= 11 is 0. The van der Waals surface area contributed by atoms with Crippen molar-refractivity contribution in [3.8, 4) is 0 Å². The lowest BCUT2D eigenvalue weighted by atomic mass is 9.99. The van der Waals surface area contributed by atoms with E-state index in [2.05, 4.69) is 5.32 Å². The van der Waals surface area contributed by atoms with Crippen LogP contribution in [0, 0.1) is 20.8 Å². The number of carbonyl (C=O) groups excluding carboxylic acids is 1. The van der Waals surface area contributed by atoms with E-state index in [0.717, 1.165) is 41.5 Å². The Morgan fingerprint density at radius 2 is 1.54 bits per heavy atom. The van der Waals surface area contributed by atoms with Gasteiger partial charge in [0.2, 0.25) is 10.0 Å². The maximum atomic E-state index is 12.7. The second-order valence-corrected chi connectivity index (χ2v) is 9.50. The van der Waals surface area contributed by atoms with Crippen LogP contribution in [0.5, 0.6) is 0 Å². The van der Waals surface area contributed by atoms with Gasteiger partial charge in [-0.25, -0.2) is 8.42 Å². The maximum Gasteiger partial charge on any atom is 0.252 e. The van der Waals surface area contributed by atoms with E-state index in [4.69, 9.17) is 0 Å². The van der Waals surface area contributed by atoms with Gasteiger partial charge in [-0.1, -0.05) is 36.2 Å². The highest BCUT2D eigenvalue weighted by Crippen LogP contribution is 2.21. The number of piperidine rings is 1. The first-order chi connectivity index (χ1) is 13.3. The van der Waals surface area contributed by atoms with Crippen molar-refractivity contribution >= 4 is 15.9 Å². The molecule has 1 fully saturated rings. The van der Waals surface area contributed by atoms with E-state index in [9.17, 15) is 13.2 Å². The summed E-state index contributed by atoms with van der Waals surface area (Å²) < 4.78 is 27.0. The lowest BCUT2D eigenvalue weighted by Crippen LogP contribution is -2.35. The van der Waals surface area contributed by atoms with Gasteiger partial charge in [0, 0.05) is 25.2 Å². The van der Waals surface area contributed by atoms with Crippen molar-refractivity contribution in [3.63, 3.8) is 0 Å².